The average Bonchev–Trinajstić information content (AvgIpc) is 2.49. The van der Waals surface area contributed by atoms with Crippen LogP contribution in [-0.2, 0) is 0 Å². The van der Waals surface area contributed by atoms with Crippen molar-refractivity contribution in [2.75, 3.05) is 6.54 Å². The number of thioether (sulfide) groups is 1. The molecule has 0 radical (unpaired) electrons. The van der Waals surface area contributed by atoms with Crippen molar-refractivity contribution in [1.82, 2.24) is 0 Å². The zero-order chi connectivity index (χ0) is 15.5. The molecule has 3 unspecified atom stereocenters. The van der Waals surface area contributed by atoms with Crippen LogP contribution in [0, 0.1) is 23.1 Å². The predicted molar refractivity (Wildman–Crippen MR) is 90.0 cm³/mol. The topological polar surface area (TPSA) is 26.0 Å². The molecule has 0 saturated heterocycles. The molecule has 1 saturated carbocycles. The summed E-state index contributed by atoms with van der Waals surface area (Å²) in [4.78, 5) is 1.16. The minimum Gasteiger partial charge on any atom is -0.330 e. The normalized spacial score (nSPS) is 26.8. The number of halogens is 1. The Labute approximate surface area is 132 Å². The number of nitrogens with two attached hydrogens (primary N) is 1. The van der Waals surface area contributed by atoms with Gasteiger partial charge in [0.2, 0.25) is 0 Å². The molecular weight excluding hydrogens is 281 g/mol. The van der Waals surface area contributed by atoms with Gasteiger partial charge in [-0.1, -0.05) is 27.2 Å². The quantitative estimate of drug-likeness (QED) is 0.819. The highest BCUT2D eigenvalue weighted by Crippen LogP contribution is 2.46. The molecule has 1 aromatic carbocycles. The molecule has 1 nitrogen and oxygen atoms in total. The number of rotatable bonds is 5. The molecular formula is C18H28FNS. The van der Waals surface area contributed by atoms with Crippen molar-refractivity contribution in [2.45, 2.75) is 56.6 Å². The van der Waals surface area contributed by atoms with Crippen LogP contribution in [0.4, 0.5) is 4.39 Å². The van der Waals surface area contributed by atoms with E-state index in [0.717, 1.165) is 17.4 Å². The number of benzene rings is 1. The lowest BCUT2D eigenvalue weighted by Crippen LogP contribution is -2.37. The predicted octanol–water partition coefficient (Wildman–Crippen LogP) is 5.10. The van der Waals surface area contributed by atoms with E-state index >= 15 is 0 Å². The molecule has 0 spiro atoms. The maximum absolute atomic E-state index is 13.0. The zero-order valence-corrected chi connectivity index (χ0v) is 14.3. The van der Waals surface area contributed by atoms with E-state index < -0.39 is 0 Å². The Balaban J connectivity index is 2.08. The Morgan fingerprint density at radius 2 is 1.90 bits per heavy atom. The third-order valence-corrected chi connectivity index (χ3v) is 6.77. The van der Waals surface area contributed by atoms with Gasteiger partial charge in [0, 0.05) is 10.1 Å². The first-order valence-corrected chi connectivity index (χ1v) is 8.96. The van der Waals surface area contributed by atoms with Crippen molar-refractivity contribution in [3.63, 3.8) is 0 Å². The Morgan fingerprint density at radius 1 is 1.24 bits per heavy atom. The van der Waals surface area contributed by atoms with Crippen LogP contribution in [0.25, 0.3) is 0 Å². The SMILES string of the molecule is CCC(C)(C)C1CCC(CN)C(Sc2ccc(F)cc2)C1. The fourth-order valence-corrected chi connectivity index (χ4v) is 4.70. The summed E-state index contributed by atoms with van der Waals surface area (Å²) < 4.78 is 13.0. The van der Waals surface area contributed by atoms with Gasteiger partial charge in [-0.2, -0.15) is 0 Å². The number of hydrogen-bond donors (Lipinski definition) is 1. The van der Waals surface area contributed by atoms with Crippen LogP contribution >= 0.6 is 11.8 Å². The molecule has 118 valence electrons. The standard InChI is InChI=1S/C18H28FNS/c1-4-18(2,3)14-6-5-13(12-20)17(11-14)21-16-9-7-15(19)8-10-16/h7-10,13-14,17H,4-6,11-12,20H2,1-3H3. The van der Waals surface area contributed by atoms with Gasteiger partial charge in [-0.3, -0.25) is 0 Å². The molecule has 0 amide bonds. The molecule has 2 rings (SSSR count). The van der Waals surface area contributed by atoms with Gasteiger partial charge in [0.15, 0.2) is 0 Å². The first-order valence-electron chi connectivity index (χ1n) is 8.08. The van der Waals surface area contributed by atoms with Gasteiger partial charge in [0.1, 0.15) is 5.82 Å². The first-order chi connectivity index (χ1) is 9.96. The van der Waals surface area contributed by atoms with E-state index in [1.54, 1.807) is 12.1 Å². The Hall–Kier alpha value is -0.540. The largest absolute Gasteiger partial charge is 0.330 e. The fraction of sp³-hybridized carbons (Fsp3) is 0.667. The zero-order valence-electron chi connectivity index (χ0n) is 13.4. The second kappa shape index (κ2) is 7.15. The Morgan fingerprint density at radius 3 is 2.48 bits per heavy atom. The molecule has 3 atom stereocenters. The van der Waals surface area contributed by atoms with E-state index in [1.165, 1.54) is 25.7 Å². The van der Waals surface area contributed by atoms with E-state index in [0.29, 0.717) is 16.6 Å². The van der Waals surface area contributed by atoms with Crippen molar-refractivity contribution in [3.8, 4) is 0 Å². The van der Waals surface area contributed by atoms with Crippen LogP contribution in [0.3, 0.4) is 0 Å². The van der Waals surface area contributed by atoms with Crippen molar-refractivity contribution in [3.05, 3.63) is 30.1 Å². The van der Waals surface area contributed by atoms with Gasteiger partial charge in [0.25, 0.3) is 0 Å². The van der Waals surface area contributed by atoms with Gasteiger partial charge in [0.05, 0.1) is 0 Å². The van der Waals surface area contributed by atoms with Gasteiger partial charge in [-0.05, 0) is 67.3 Å². The summed E-state index contributed by atoms with van der Waals surface area (Å²) in [5.74, 6) is 1.19. The summed E-state index contributed by atoms with van der Waals surface area (Å²) >= 11 is 1.89. The van der Waals surface area contributed by atoms with Crippen molar-refractivity contribution in [2.24, 2.45) is 23.0 Å². The highest BCUT2D eigenvalue weighted by molar-refractivity contribution is 8.00. The van der Waals surface area contributed by atoms with Gasteiger partial charge >= 0.3 is 0 Å². The van der Waals surface area contributed by atoms with Crippen LogP contribution in [0.2, 0.25) is 0 Å². The van der Waals surface area contributed by atoms with Crippen molar-refractivity contribution < 1.29 is 4.39 Å². The van der Waals surface area contributed by atoms with Crippen molar-refractivity contribution in [1.29, 1.82) is 0 Å². The molecule has 2 N–H and O–H groups in total. The van der Waals surface area contributed by atoms with E-state index in [1.807, 2.05) is 23.9 Å². The minimum atomic E-state index is -0.164. The Kier molecular flexibility index (Phi) is 5.73. The summed E-state index contributed by atoms with van der Waals surface area (Å²) in [7, 11) is 0. The fourth-order valence-electron chi connectivity index (χ4n) is 3.29. The molecule has 1 aliphatic rings. The smallest absolute Gasteiger partial charge is 0.123 e. The molecule has 1 aromatic rings. The van der Waals surface area contributed by atoms with E-state index in [-0.39, 0.29) is 5.82 Å². The van der Waals surface area contributed by atoms with Gasteiger partial charge < -0.3 is 5.73 Å². The maximum atomic E-state index is 13.0. The molecule has 0 aromatic heterocycles. The van der Waals surface area contributed by atoms with E-state index in [2.05, 4.69) is 20.8 Å². The van der Waals surface area contributed by atoms with E-state index in [9.17, 15) is 4.39 Å². The molecule has 0 aliphatic heterocycles. The first kappa shape index (κ1) is 16.8. The molecule has 3 heteroatoms. The molecule has 1 aliphatic carbocycles. The van der Waals surface area contributed by atoms with Crippen LogP contribution < -0.4 is 5.73 Å². The third kappa shape index (κ3) is 4.23. The summed E-state index contributed by atoms with van der Waals surface area (Å²) in [6.45, 7) is 7.83. The molecule has 0 heterocycles. The second-order valence-corrected chi connectivity index (χ2v) is 8.27. The Bertz CT molecular complexity index is 443. The van der Waals surface area contributed by atoms with Gasteiger partial charge in [-0.25, -0.2) is 4.39 Å². The second-order valence-electron chi connectivity index (χ2n) is 6.96. The van der Waals surface area contributed by atoms with Crippen molar-refractivity contribution >= 4 is 11.8 Å². The monoisotopic (exact) mass is 309 g/mol. The van der Waals surface area contributed by atoms with E-state index in [4.69, 9.17) is 5.73 Å². The van der Waals surface area contributed by atoms with Crippen LogP contribution in [0.15, 0.2) is 29.2 Å². The van der Waals surface area contributed by atoms with Crippen LogP contribution in [0.1, 0.15) is 46.5 Å². The van der Waals surface area contributed by atoms with Crippen LogP contribution in [-0.4, -0.2) is 11.8 Å². The number of hydrogen-bond acceptors (Lipinski definition) is 2. The molecule has 21 heavy (non-hydrogen) atoms. The average molecular weight is 309 g/mol. The minimum absolute atomic E-state index is 0.164. The maximum Gasteiger partial charge on any atom is 0.123 e. The van der Waals surface area contributed by atoms with Crippen LogP contribution in [0.5, 0.6) is 0 Å². The third-order valence-electron chi connectivity index (χ3n) is 5.35. The summed E-state index contributed by atoms with van der Waals surface area (Å²) in [6, 6.07) is 6.89. The lowest BCUT2D eigenvalue weighted by atomic mass is 9.67. The molecule has 1 fully saturated rings. The summed E-state index contributed by atoms with van der Waals surface area (Å²) in [6.07, 6.45) is 4.97. The molecule has 0 bridgehead atoms. The summed E-state index contributed by atoms with van der Waals surface area (Å²) in [5, 5.41) is 0.560. The van der Waals surface area contributed by atoms with Gasteiger partial charge in [-0.15, -0.1) is 11.8 Å². The lowest BCUT2D eigenvalue weighted by Gasteiger charge is -2.42. The highest BCUT2D eigenvalue weighted by atomic mass is 32.2. The lowest BCUT2D eigenvalue weighted by molar-refractivity contribution is 0.134. The highest BCUT2D eigenvalue weighted by Gasteiger charge is 2.37. The summed E-state index contributed by atoms with van der Waals surface area (Å²) in [5.41, 5.74) is 6.39.